The van der Waals surface area contributed by atoms with Gasteiger partial charge in [0.2, 0.25) is 5.95 Å². The Morgan fingerprint density at radius 3 is 2.61 bits per heavy atom. The van der Waals surface area contributed by atoms with E-state index in [9.17, 15) is 4.39 Å². The number of ether oxygens (including phenoxy) is 1. The zero-order valence-corrected chi connectivity index (χ0v) is 14.7. The first-order valence-corrected chi connectivity index (χ1v) is 7.24. The summed E-state index contributed by atoms with van der Waals surface area (Å²) in [7, 11) is 0. The van der Waals surface area contributed by atoms with E-state index in [1.165, 1.54) is 6.20 Å². The van der Waals surface area contributed by atoms with E-state index in [0.717, 1.165) is 12.8 Å². The summed E-state index contributed by atoms with van der Waals surface area (Å²) in [5, 5.41) is 0.554. The van der Waals surface area contributed by atoms with Crippen LogP contribution in [-0.4, -0.2) is 18.1 Å². The van der Waals surface area contributed by atoms with E-state index >= 15 is 0 Å². The van der Waals surface area contributed by atoms with E-state index in [4.69, 9.17) is 22.1 Å². The molecule has 0 amide bonds. The molecule has 7 heteroatoms. The second-order valence-corrected chi connectivity index (χ2v) is 5.95. The molecule has 3 rings (SSSR count). The Morgan fingerprint density at radius 2 is 2.00 bits per heavy atom. The summed E-state index contributed by atoms with van der Waals surface area (Å²) in [4.78, 5) is 3.77. The van der Waals surface area contributed by atoms with Crippen molar-refractivity contribution >= 4 is 36.4 Å². The zero-order valence-electron chi connectivity index (χ0n) is 12.3. The molecule has 3 nitrogen and oxygen atoms in total. The summed E-state index contributed by atoms with van der Waals surface area (Å²) < 4.78 is 19.6. The minimum atomic E-state index is -0.537. The van der Waals surface area contributed by atoms with Gasteiger partial charge < -0.3 is 10.5 Å². The van der Waals surface area contributed by atoms with Crippen LogP contribution in [0.2, 0.25) is 5.02 Å². The summed E-state index contributed by atoms with van der Waals surface area (Å²) >= 11 is 5.95. The molecule has 0 radical (unpaired) electrons. The van der Waals surface area contributed by atoms with Crippen LogP contribution < -0.4 is 10.5 Å². The molecule has 1 heterocycles. The second-order valence-electron chi connectivity index (χ2n) is 5.51. The summed E-state index contributed by atoms with van der Waals surface area (Å²) in [6, 6.07) is 8.67. The van der Waals surface area contributed by atoms with Crippen molar-refractivity contribution in [3.05, 3.63) is 47.5 Å². The maximum Gasteiger partial charge on any atom is 0.220 e. The average Bonchev–Trinajstić information content (AvgIpc) is 3.27. The van der Waals surface area contributed by atoms with Crippen LogP contribution in [0.25, 0.3) is 11.1 Å². The molecule has 2 aromatic rings. The predicted octanol–water partition coefficient (Wildman–Crippen LogP) is 4.50. The van der Waals surface area contributed by atoms with Gasteiger partial charge in [0.05, 0.1) is 12.8 Å². The molecular weight excluding hydrogens is 362 g/mol. The van der Waals surface area contributed by atoms with Crippen LogP contribution in [0.15, 0.2) is 36.5 Å². The van der Waals surface area contributed by atoms with Gasteiger partial charge in [0, 0.05) is 22.5 Å². The van der Waals surface area contributed by atoms with Gasteiger partial charge in [0.15, 0.2) is 0 Å². The van der Waals surface area contributed by atoms with Crippen LogP contribution in [0.1, 0.15) is 12.8 Å². The Hall–Kier alpha value is -1.07. The van der Waals surface area contributed by atoms with Crippen molar-refractivity contribution in [2.24, 2.45) is 11.1 Å². The number of hydrogen-bond donors (Lipinski definition) is 1. The van der Waals surface area contributed by atoms with Gasteiger partial charge in [-0.25, -0.2) is 4.98 Å². The van der Waals surface area contributed by atoms with Crippen molar-refractivity contribution in [2.75, 3.05) is 13.2 Å². The lowest BCUT2D eigenvalue weighted by molar-refractivity contribution is 0.237. The molecule has 0 spiro atoms. The minimum absolute atomic E-state index is 0. The monoisotopic (exact) mass is 378 g/mol. The van der Waals surface area contributed by atoms with Gasteiger partial charge in [-0.15, -0.1) is 24.8 Å². The summed E-state index contributed by atoms with van der Waals surface area (Å²) in [5.41, 5.74) is 6.89. The van der Waals surface area contributed by atoms with Crippen LogP contribution in [0.3, 0.4) is 0 Å². The highest BCUT2D eigenvalue weighted by molar-refractivity contribution is 6.30. The molecule has 1 aliphatic rings. The van der Waals surface area contributed by atoms with Gasteiger partial charge in [-0.2, -0.15) is 4.39 Å². The van der Waals surface area contributed by atoms with Crippen molar-refractivity contribution in [3.8, 4) is 16.9 Å². The lowest BCUT2D eigenvalue weighted by Gasteiger charge is -2.14. The fourth-order valence-corrected chi connectivity index (χ4v) is 2.38. The molecule has 0 saturated heterocycles. The van der Waals surface area contributed by atoms with E-state index in [1.54, 1.807) is 30.3 Å². The molecule has 1 aromatic heterocycles. The van der Waals surface area contributed by atoms with Crippen LogP contribution in [0.5, 0.6) is 5.75 Å². The standard InChI is InChI=1S/C16H16ClFN2O.2ClH/c17-12-3-1-2-11(6-12)14-7-13(8-20-15(14)18)21-10-16(9-19)4-5-16;;/h1-3,6-8H,4-5,9-10,19H2;2*1H. The number of benzene rings is 1. The molecule has 1 fully saturated rings. The quantitative estimate of drug-likeness (QED) is 0.778. The zero-order chi connectivity index (χ0) is 14.9. The van der Waals surface area contributed by atoms with Crippen molar-refractivity contribution in [1.29, 1.82) is 0 Å². The maximum absolute atomic E-state index is 13.9. The lowest BCUT2D eigenvalue weighted by Crippen LogP contribution is -2.22. The Morgan fingerprint density at radius 1 is 1.26 bits per heavy atom. The van der Waals surface area contributed by atoms with Gasteiger partial charge in [-0.05, 0) is 36.6 Å². The van der Waals surface area contributed by atoms with Gasteiger partial charge >= 0.3 is 0 Å². The molecule has 1 aliphatic carbocycles. The number of nitrogens with two attached hydrogens (primary N) is 1. The fraction of sp³-hybridized carbons (Fsp3) is 0.312. The summed E-state index contributed by atoms with van der Waals surface area (Å²) in [5.74, 6) is 0.00989. The van der Waals surface area contributed by atoms with Crippen molar-refractivity contribution in [3.63, 3.8) is 0 Å². The molecule has 23 heavy (non-hydrogen) atoms. The summed E-state index contributed by atoms with van der Waals surface area (Å²) in [6.07, 6.45) is 3.56. The van der Waals surface area contributed by atoms with Crippen LogP contribution in [0.4, 0.5) is 4.39 Å². The summed E-state index contributed by atoms with van der Waals surface area (Å²) in [6.45, 7) is 1.16. The van der Waals surface area contributed by atoms with Crippen LogP contribution in [0, 0.1) is 11.4 Å². The average molecular weight is 380 g/mol. The van der Waals surface area contributed by atoms with Gasteiger partial charge in [-0.1, -0.05) is 23.7 Å². The normalized spacial score (nSPS) is 14.4. The van der Waals surface area contributed by atoms with Gasteiger partial charge in [0.1, 0.15) is 5.75 Å². The second kappa shape index (κ2) is 8.15. The predicted molar refractivity (Wildman–Crippen MR) is 95.4 cm³/mol. The van der Waals surface area contributed by atoms with E-state index < -0.39 is 5.95 Å². The highest BCUT2D eigenvalue weighted by Gasteiger charge is 2.42. The van der Waals surface area contributed by atoms with Crippen molar-refractivity contribution in [2.45, 2.75) is 12.8 Å². The molecule has 0 unspecified atom stereocenters. The Balaban J connectivity index is 0.00000132. The largest absolute Gasteiger partial charge is 0.491 e. The lowest BCUT2D eigenvalue weighted by atomic mass is 10.1. The molecule has 126 valence electrons. The SMILES string of the molecule is Cl.Cl.NCC1(COc2cnc(F)c(-c3cccc(Cl)c3)c2)CC1. The first kappa shape index (κ1) is 20.0. The number of hydrogen-bond acceptors (Lipinski definition) is 3. The van der Waals surface area contributed by atoms with E-state index in [-0.39, 0.29) is 30.2 Å². The first-order chi connectivity index (χ1) is 10.1. The van der Waals surface area contributed by atoms with E-state index in [0.29, 0.717) is 35.1 Å². The Kier molecular flexibility index (Phi) is 7.08. The Bertz CT molecular complexity index is 666. The number of nitrogens with zero attached hydrogens (tertiary/aromatic N) is 1. The number of aromatic nitrogens is 1. The van der Waals surface area contributed by atoms with Crippen molar-refractivity contribution < 1.29 is 9.13 Å². The third-order valence-electron chi connectivity index (χ3n) is 3.88. The molecule has 0 aliphatic heterocycles. The highest BCUT2D eigenvalue weighted by atomic mass is 35.5. The molecule has 2 N–H and O–H groups in total. The first-order valence-electron chi connectivity index (χ1n) is 6.86. The minimum Gasteiger partial charge on any atom is -0.491 e. The molecule has 0 bridgehead atoms. The third kappa shape index (κ3) is 4.70. The van der Waals surface area contributed by atoms with E-state index in [1.807, 2.05) is 0 Å². The van der Waals surface area contributed by atoms with Crippen LogP contribution >= 0.6 is 36.4 Å². The maximum atomic E-state index is 13.9. The number of halogens is 4. The van der Waals surface area contributed by atoms with E-state index in [2.05, 4.69) is 4.98 Å². The van der Waals surface area contributed by atoms with Gasteiger partial charge in [-0.3, -0.25) is 0 Å². The van der Waals surface area contributed by atoms with Crippen LogP contribution in [-0.2, 0) is 0 Å². The third-order valence-corrected chi connectivity index (χ3v) is 4.12. The topological polar surface area (TPSA) is 48.1 Å². The molecule has 0 atom stereocenters. The molecular formula is C16H18Cl3FN2O. The fourth-order valence-electron chi connectivity index (χ4n) is 2.19. The Labute approximate surface area is 152 Å². The highest BCUT2D eigenvalue weighted by Crippen LogP contribution is 2.44. The number of pyridine rings is 1. The van der Waals surface area contributed by atoms with Gasteiger partial charge in [0.25, 0.3) is 0 Å². The smallest absolute Gasteiger partial charge is 0.220 e. The molecule has 1 saturated carbocycles. The molecule has 1 aromatic carbocycles. The van der Waals surface area contributed by atoms with Crippen molar-refractivity contribution in [1.82, 2.24) is 4.98 Å². The number of rotatable bonds is 5.